The second-order valence-corrected chi connectivity index (χ2v) is 4.76. The van der Waals surface area contributed by atoms with Crippen molar-refractivity contribution in [2.24, 2.45) is 0 Å². The van der Waals surface area contributed by atoms with E-state index in [0.29, 0.717) is 22.3 Å². The summed E-state index contributed by atoms with van der Waals surface area (Å²) in [6.45, 7) is 0.381. The van der Waals surface area contributed by atoms with Gasteiger partial charge in [0.25, 0.3) is 5.69 Å². The number of rotatable bonds is 4. The van der Waals surface area contributed by atoms with Crippen LogP contribution in [0.3, 0.4) is 0 Å². The molecule has 0 amide bonds. The van der Waals surface area contributed by atoms with Crippen LogP contribution in [-0.4, -0.2) is 10.0 Å². The minimum absolute atomic E-state index is 0.0310. The maximum Gasteiger partial charge on any atom is 0.271 e. The first kappa shape index (κ1) is 13.4. The Morgan fingerprint density at radius 2 is 2.00 bits per heavy atom. The Bertz CT molecular complexity index is 617. The molecule has 0 saturated carbocycles. The van der Waals surface area contributed by atoms with Gasteiger partial charge in [-0.2, -0.15) is 0 Å². The molecule has 0 heterocycles. The van der Waals surface area contributed by atoms with Gasteiger partial charge >= 0.3 is 0 Å². The zero-order valence-corrected chi connectivity index (χ0v) is 11.4. The lowest BCUT2D eigenvalue weighted by molar-refractivity contribution is -0.384. The average molecular weight is 323 g/mol. The van der Waals surface area contributed by atoms with E-state index in [9.17, 15) is 15.2 Å². The summed E-state index contributed by atoms with van der Waals surface area (Å²) in [5, 5.41) is 23.5. The summed E-state index contributed by atoms with van der Waals surface area (Å²) < 4.78 is 0.617. The molecule has 19 heavy (non-hydrogen) atoms. The summed E-state index contributed by atoms with van der Waals surface area (Å²) in [5.41, 5.74) is 1.37. The zero-order chi connectivity index (χ0) is 13.8. The van der Waals surface area contributed by atoms with Crippen LogP contribution in [0, 0.1) is 10.1 Å². The van der Waals surface area contributed by atoms with Gasteiger partial charge in [-0.3, -0.25) is 10.1 Å². The second-order valence-electron chi connectivity index (χ2n) is 3.91. The summed E-state index contributed by atoms with van der Waals surface area (Å²) in [6.07, 6.45) is 0. The van der Waals surface area contributed by atoms with Gasteiger partial charge in [0.2, 0.25) is 0 Å². The van der Waals surface area contributed by atoms with E-state index >= 15 is 0 Å². The molecule has 0 aromatic heterocycles. The maximum absolute atomic E-state index is 10.7. The number of benzene rings is 2. The number of phenolic OH excluding ortho intramolecular Hbond substituents is 1. The molecule has 0 aliphatic rings. The molecule has 0 aliphatic carbocycles. The molecule has 5 nitrogen and oxygen atoms in total. The Labute approximate surface area is 118 Å². The molecule has 2 aromatic carbocycles. The Balaban J connectivity index is 2.12. The molecule has 98 valence electrons. The molecule has 2 aromatic rings. The Morgan fingerprint density at radius 3 is 2.74 bits per heavy atom. The summed E-state index contributed by atoms with van der Waals surface area (Å²) in [4.78, 5) is 10.2. The lowest BCUT2D eigenvalue weighted by Gasteiger charge is -2.09. The zero-order valence-electron chi connectivity index (χ0n) is 9.84. The number of halogens is 1. The summed E-state index contributed by atoms with van der Waals surface area (Å²) in [6, 6.07) is 11.6. The van der Waals surface area contributed by atoms with Crippen molar-refractivity contribution in [1.29, 1.82) is 0 Å². The minimum Gasteiger partial charge on any atom is -0.506 e. The van der Waals surface area contributed by atoms with E-state index in [-0.39, 0.29) is 11.4 Å². The van der Waals surface area contributed by atoms with E-state index in [4.69, 9.17) is 0 Å². The number of hydrogen-bond donors (Lipinski definition) is 2. The molecule has 0 spiro atoms. The van der Waals surface area contributed by atoms with Crippen molar-refractivity contribution in [1.82, 2.24) is 0 Å². The van der Waals surface area contributed by atoms with Crippen LogP contribution in [0.25, 0.3) is 0 Å². The van der Waals surface area contributed by atoms with Crippen LogP contribution in [0.2, 0.25) is 0 Å². The minimum atomic E-state index is -0.443. The van der Waals surface area contributed by atoms with Gasteiger partial charge in [0, 0.05) is 29.9 Å². The first-order valence-corrected chi connectivity index (χ1v) is 6.32. The van der Waals surface area contributed by atoms with Crippen LogP contribution in [0.4, 0.5) is 11.4 Å². The van der Waals surface area contributed by atoms with E-state index in [1.165, 1.54) is 12.1 Å². The van der Waals surface area contributed by atoms with Gasteiger partial charge in [0.15, 0.2) is 0 Å². The van der Waals surface area contributed by atoms with Crippen molar-refractivity contribution in [3.63, 3.8) is 0 Å². The van der Waals surface area contributed by atoms with Gasteiger partial charge in [-0.15, -0.1) is 0 Å². The molecule has 2 rings (SSSR count). The first-order chi connectivity index (χ1) is 9.08. The van der Waals surface area contributed by atoms with E-state index < -0.39 is 4.92 Å². The Kier molecular flexibility index (Phi) is 4.01. The Morgan fingerprint density at radius 1 is 1.26 bits per heavy atom. The highest BCUT2D eigenvalue weighted by atomic mass is 79.9. The number of non-ortho nitro benzene ring substituents is 1. The van der Waals surface area contributed by atoms with Crippen molar-refractivity contribution in [3.8, 4) is 5.75 Å². The fourth-order valence-corrected chi connectivity index (χ4v) is 2.04. The number of phenols is 1. The van der Waals surface area contributed by atoms with Crippen LogP contribution < -0.4 is 5.32 Å². The van der Waals surface area contributed by atoms with Crippen molar-refractivity contribution in [2.45, 2.75) is 6.54 Å². The second kappa shape index (κ2) is 5.71. The number of para-hydroxylation sites is 1. The third-order valence-corrected chi connectivity index (χ3v) is 3.25. The van der Waals surface area contributed by atoms with Crippen LogP contribution in [0.5, 0.6) is 5.75 Å². The fraction of sp³-hybridized carbons (Fsp3) is 0.0769. The predicted molar refractivity (Wildman–Crippen MR) is 76.2 cm³/mol. The van der Waals surface area contributed by atoms with Crippen molar-refractivity contribution >= 4 is 27.3 Å². The van der Waals surface area contributed by atoms with Gasteiger partial charge in [-0.1, -0.05) is 18.2 Å². The molecule has 2 N–H and O–H groups in total. The highest BCUT2D eigenvalue weighted by molar-refractivity contribution is 9.10. The van der Waals surface area contributed by atoms with Crippen LogP contribution in [0.1, 0.15) is 5.56 Å². The number of nitrogens with zero attached hydrogens (tertiary/aromatic N) is 1. The van der Waals surface area contributed by atoms with E-state index in [0.717, 1.165) is 0 Å². The van der Waals surface area contributed by atoms with E-state index in [2.05, 4.69) is 21.2 Å². The number of nitro benzene ring substituents is 1. The largest absolute Gasteiger partial charge is 0.506 e. The fourth-order valence-electron chi connectivity index (χ4n) is 1.63. The summed E-state index contributed by atoms with van der Waals surface area (Å²) >= 11 is 3.24. The van der Waals surface area contributed by atoms with Crippen molar-refractivity contribution in [3.05, 3.63) is 62.6 Å². The standard InChI is InChI=1S/C13H11BrN2O3/c14-12-6-1-3-9(13(12)17)8-15-10-4-2-5-11(7-10)16(18)19/h1-7,15,17H,8H2. The lowest BCUT2D eigenvalue weighted by atomic mass is 10.2. The molecular formula is C13H11BrN2O3. The van der Waals surface area contributed by atoms with Gasteiger partial charge < -0.3 is 10.4 Å². The van der Waals surface area contributed by atoms with Gasteiger partial charge in [0.05, 0.1) is 9.40 Å². The van der Waals surface area contributed by atoms with Crippen LogP contribution in [0.15, 0.2) is 46.9 Å². The lowest BCUT2D eigenvalue weighted by Crippen LogP contribution is -2.00. The van der Waals surface area contributed by atoms with Gasteiger partial charge in [-0.25, -0.2) is 0 Å². The smallest absolute Gasteiger partial charge is 0.271 e. The van der Waals surface area contributed by atoms with Crippen molar-refractivity contribution in [2.75, 3.05) is 5.32 Å². The highest BCUT2D eigenvalue weighted by Gasteiger charge is 2.07. The van der Waals surface area contributed by atoms with E-state index in [1.54, 1.807) is 24.3 Å². The molecule has 0 unspecified atom stereocenters. The highest BCUT2D eigenvalue weighted by Crippen LogP contribution is 2.28. The third kappa shape index (κ3) is 3.23. The summed E-state index contributed by atoms with van der Waals surface area (Å²) in [5.74, 6) is 0.167. The average Bonchev–Trinajstić information content (AvgIpc) is 2.41. The third-order valence-electron chi connectivity index (χ3n) is 2.61. The van der Waals surface area contributed by atoms with Crippen LogP contribution in [-0.2, 0) is 6.54 Å². The quantitative estimate of drug-likeness (QED) is 0.665. The normalized spacial score (nSPS) is 10.2. The molecule has 0 fully saturated rings. The SMILES string of the molecule is O=[N+]([O-])c1cccc(NCc2cccc(Br)c2O)c1. The number of nitro groups is 1. The molecule has 0 bridgehead atoms. The molecule has 0 atom stereocenters. The van der Waals surface area contributed by atoms with Crippen molar-refractivity contribution < 1.29 is 10.0 Å². The van der Waals surface area contributed by atoms with Gasteiger partial charge in [0.1, 0.15) is 5.75 Å². The molecular weight excluding hydrogens is 312 g/mol. The predicted octanol–water partition coefficient (Wildman–Crippen LogP) is 3.68. The number of aromatic hydroxyl groups is 1. The Hall–Kier alpha value is -2.08. The number of anilines is 1. The molecule has 0 radical (unpaired) electrons. The summed E-state index contributed by atoms with van der Waals surface area (Å²) in [7, 11) is 0. The molecule has 0 aliphatic heterocycles. The number of nitrogens with one attached hydrogen (secondary N) is 1. The first-order valence-electron chi connectivity index (χ1n) is 5.52. The molecule has 6 heteroatoms. The van der Waals surface area contributed by atoms with E-state index in [1.807, 2.05) is 6.07 Å². The van der Waals surface area contributed by atoms with Crippen LogP contribution >= 0.6 is 15.9 Å². The molecule has 0 saturated heterocycles. The monoisotopic (exact) mass is 322 g/mol. The maximum atomic E-state index is 10.7. The van der Waals surface area contributed by atoms with Gasteiger partial charge in [-0.05, 0) is 28.1 Å². The topological polar surface area (TPSA) is 75.4 Å². The number of hydrogen-bond acceptors (Lipinski definition) is 4.